The van der Waals surface area contributed by atoms with E-state index in [1.165, 1.54) is 0 Å². The minimum absolute atomic E-state index is 0.473. The van der Waals surface area contributed by atoms with Crippen LogP contribution >= 0.6 is 11.6 Å². The second-order valence-corrected chi connectivity index (χ2v) is 5.41. The van der Waals surface area contributed by atoms with E-state index in [2.05, 4.69) is 0 Å². The third-order valence-electron chi connectivity index (χ3n) is 3.56. The Hall–Kier alpha value is -2.59. The van der Waals surface area contributed by atoms with Crippen molar-refractivity contribution in [3.05, 3.63) is 76.8 Å². The molecule has 106 valence electrons. The van der Waals surface area contributed by atoms with Crippen LogP contribution in [0.5, 0.6) is 0 Å². The summed E-state index contributed by atoms with van der Waals surface area (Å²) in [6, 6.07) is 20.7. The minimum Gasteiger partial charge on any atom is -0.332 e. The van der Waals surface area contributed by atoms with E-state index in [0.717, 1.165) is 16.7 Å². The largest absolute Gasteiger partial charge is 0.332 e. The van der Waals surface area contributed by atoms with Gasteiger partial charge < -0.3 is 4.74 Å². The molecule has 1 heterocycles. The number of nitriles is 2. The molecule has 2 aromatic carbocycles. The molecular formula is C18H11ClN2O. The molecule has 0 N–H and O–H groups in total. The molecule has 0 saturated heterocycles. The Kier molecular flexibility index (Phi) is 3.69. The Morgan fingerprint density at radius 1 is 0.955 bits per heavy atom. The number of rotatable bonds is 2. The van der Waals surface area contributed by atoms with E-state index in [1.807, 2.05) is 54.6 Å². The lowest BCUT2D eigenvalue weighted by atomic mass is 9.95. The molecule has 0 spiro atoms. The maximum absolute atomic E-state index is 9.33. The molecule has 0 amide bonds. The number of halogens is 1. The summed E-state index contributed by atoms with van der Waals surface area (Å²) in [7, 11) is 0. The van der Waals surface area contributed by atoms with Gasteiger partial charge in [-0.1, -0.05) is 54.1 Å². The second kappa shape index (κ2) is 5.66. The van der Waals surface area contributed by atoms with Gasteiger partial charge in [-0.15, -0.1) is 0 Å². The SMILES string of the molecule is N#CC1(C#N)C=C(c2ccccc2)C(c2ccc(Cl)cc2)O1. The third kappa shape index (κ3) is 2.49. The Labute approximate surface area is 133 Å². The van der Waals surface area contributed by atoms with E-state index in [1.54, 1.807) is 18.2 Å². The molecule has 1 unspecified atom stereocenters. The molecule has 0 aliphatic carbocycles. The lowest BCUT2D eigenvalue weighted by Gasteiger charge is -2.18. The first-order valence-corrected chi connectivity index (χ1v) is 7.09. The maximum Gasteiger partial charge on any atom is 0.261 e. The summed E-state index contributed by atoms with van der Waals surface area (Å²) in [4.78, 5) is 0. The van der Waals surface area contributed by atoms with Crippen LogP contribution in [0.25, 0.3) is 5.57 Å². The van der Waals surface area contributed by atoms with Gasteiger partial charge in [-0.2, -0.15) is 10.5 Å². The first-order chi connectivity index (χ1) is 10.7. The van der Waals surface area contributed by atoms with Gasteiger partial charge in [-0.25, -0.2) is 0 Å². The van der Waals surface area contributed by atoms with E-state index < -0.39 is 11.7 Å². The van der Waals surface area contributed by atoms with Crippen molar-refractivity contribution in [2.45, 2.75) is 11.7 Å². The number of hydrogen-bond donors (Lipinski definition) is 0. The van der Waals surface area contributed by atoms with Crippen molar-refractivity contribution in [3.63, 3.8) is 0 Å². The predicted molar refractivity (Wildman–Crippen MR) is 83.7 cm³/mol. The zero-order valence-electron chi connectivity index (χ0n) is 11.5. The minimum atomic E-state index is -1.56. The summed E-state index contributed by atoms with van der Waals surface area (Å²) >= 11 is 5.92. The number of hydrogen-bond acceptors (Lipinski definition) is 3. The van der Waals surface area contributed by atoms with Crippen molar-refractivity contribution in [1.82, 2.24) is 0 Å². The molecule has 3 nitrogen and oxygen atoms in total. The molecule has 0 bridgehead atoms. The first kappa shape index (κ1) is 14.4. The van der Waals surface area contributed by atoms with Crippen LogP contribution in [0.3, 0.4) is 0 Å². The van der Waals surface area contributed by atoms with Crippen molar-refractivity contribution in [2.24, 2.45) is 0 Å². The molecule has 1 atom stereocenters. The average Bonchev–Trinajstić information content (AvgIpc) is 2.97. The summed E-state index contributed by atoms with van der Waals surface area (Å²) in [6.45, 7) is 0. The number of nitrogens with zero attached hydrogens (tertiary/aromatic N) is 2. The molecule has 0 radical (unpaired) electrons. The van der Waals surface area contributed by atoms with Crippen molar-refractivity contribution >= 4 is 17.2 Å². The Bertz CT molecular complexity index is 784. The van der Waals surface area contributed by atoms with Crippen LogP contribution in [0, 0.1) is 22.7 Å². The van der Waals surface area contributed by atoms with Crippen LogP contribution < -0.4 is 0 Å². The zero-order valence-corrected chi connectivity index (χ0v) is 12.3. The van der Waals surface area contributed by atoms with Crippen LogP contribution in [-0.2, 0) is 4.74 Å². The number of ether oxygens (including phenoxy) is 1. The summed E-state index contributed by atoms with van der Waals surface area (Å²) in [6.07, 6.45) is 1.13. The second-order valence-electron chi connectivity index (χ2n) is 4.97. The average molecular weight is 307 g/mol. The van der Waals surface area contributed by atoms with Crippen molar-refractivity contribution in [1.29, 1.82) is 10.5 Å². The van der Waals surface area contributed by atoms with Crippen LogP contribution in [0.1, 0.15) is 17.2 Å². The molecule has 3 rings (SSSR count). The maximum atomic E-state index is 9.33. The van der Waals surface area contributed by atoms with Gasteiger partial charge in [0.25, 0.3) is 5.60 Å². The molecule has 4 heteroatoms. The Morgan fingerprint density at radius 3 is 2.18 bits per heavy atom. The monoisotopic (exact) mass is 306 g/mol. The van der Waals surface area contributed by atoms with Crippen molar-refractivity contribution in [2.75, 3.05) is 0 Å². The molecule has 2 aromatic rings. The third-order valence-corrected chi connectivity index (χ3v) is 3.81. The summed E-state index contributed by atoms with van der Waals surface area (Å²) in [5, 5.41) is 19.3. The van der Waals surface area contributed by atoms with Gasteiger partial charge in [0, 0.05) is 5.02 Å². The fraction of sp³-hybridized carbons (Fsp3) is 0.111. The smallest absolute Gasteiger partial charge is 0.261 e. The molecular weight excluding hydrogens is 296 g/mol. The quantitative estimate of drug-likeness (QED) is 0.832. The fourth-order valence-electron chi connectivity index (χ4n) is 2.47. The highest BCUT2D eigenvalue weighted by atomic mass is 35.5. The lowest BCUT2D eigenvalue weighted by molar-refractivity contribution is 0.0523. The molecule has 1 aliphatic rings. The summed E-state index contributed by atoms with van der Waals surface area (Å²) < 4.78 is 5.78. The highest BCUT2D eigenvalue weighted by molar-refractivity contribution is 6.30. The van der Waals surface area contributed by atoms with Gasteiger partial charge >= 0.3 is 0 Å². The fourth-order valence-corrected chi connectivity index (χ4v) is 2.60. The summed E-state index contributed by atoms with van der Waals surface area (Å²) in [5.74, 6) is 0. The van der Waals surface area contributed by atoms with Gasteiger partial charge in [0.05, 0.1) is 0 Å². The van der Waals surface area contributed by atoms with Gasteiger partial charge in [-0.05, 0) is 34.9 Å². The highest BCUT2D eigenvalue weighted by Gasteiger charge is 2.41. The van der Waals surface area contributed by atoms with E-state index in [9.17, 15) is 10.5 Å². The van der Waals surface area contributed by atoms with E-state index >= 15 is 0 Å². The first-order valence-electron chi connectivity index (χ1n) is 6.71. The van der Waals surface area contributed by atoms with E-state index in [4.69, 9.17) is 16.3 Å². The topological polar surface area (TPSA) is 56.8 Å². The normalized spacial score (nSPS) is 19.0. The highest BCUT2D eigenvalue weighted by Crippen LogP contribution is 2.43. The van der Waals surface area contributed by atoms with Gasteiger partial charge in [0.1, 0.15) is 18.2 Å². The van der Waals surface area contributed by atoms with Crippen molar-refractivity contribution in [3.8, 4) is 12.1 Å². The van der Waals surface area contributed by atoms with E-state index in [0.29, 0.717) is 5.02 Å². The van der Waals surface area contributed by atoms with E-state index in [-0.39, 0.29) is 0 Å². The van der Waals surface area contributed by atoms with Crippen LogP contribution in [-0.4, -0.2) is 5.60 Å². The lowest BCUT2D eigenvalue weighted by Crippen LogP contribution is -2.22. The Balaban J connectivity index is 2.10. The van der Waals surface area contributed by atoms with Crippen LogP contribution in [0.2, 0.25) is 5.02 Å². The summed E-state index contributed by atoms with van der Waals surface area (Å²) in [5.41, 5.74) is 1.03. The number of benzene rings is 2. The van der Waals surface area contributed by atoms with Gasteiger partial charge in [-0.3, -0.25) is 0 Å². The predicted octanol–water partition coefficient (Wildman–Crippen LogP) is 4.28. The molecule has 0 saturated carbocycles. The molecule has 22 heavy (non-hydrogen) atoms. The van der Waals surface area contributed by atoms with Gasteiger partial charge in [0.2, 0.25) is 0 Å². The Morgan fingerprint density at radius 2 is 1.59 bits per heavy atom. The van der Waals surface area contributed by atoms with Crippen LogP contribution in [0.15, 0.2) is 60.7 Å². The van der Waals surface area contributed by atoms with Crippen LogP contribution in [0.4, 0.5) is 0 Å². The van der Waals surface area contributed by atoms with Gasteiger partial charge in [0.15, 0.2) is 0 Å². The van der Waals surface area contributed by atoms with Crippen molar-refractivity contribution < 1.29 is 4.74 Å². The standard InChI is InChI=1S/C18H11ClN2O/c19-15-8-6-14(7-9-15)17-16(13-4-2-1-3-5-13)10-18(11-20,12-21)22-17/h1-10,17H. The zero-order chi connectivity index (χ0) is 15.6. The molecule has 0 fully saturated rings. The molecule has 0 aromatic heterocycles. The molecule has 1 aliphatic heterocycles.